The quantitative estimate of drug-likeness (QED) is 0.832. The maximum atomic E-state index is 12.2. The van der Waals surface area contributed by atoms with E-state index >= 15 is 0 Å². The Morgan fingerprint density at radius 2 is 1.50 bits per heavy atom. The molecule has 26 heavy (non-hydrogen) atoms. The van der Waals surface area contributed by atoms with E-state index in [0.29, 0.717) is 18.7 Å². The van der Waals surface area contributed by atoms with Crippen LogP contribution in [-0.2, 0) is 16.8 Å². The summed E-state index contributed by atoms with van der Waals surface area (Å²) in [6, 6.07) is 15.6. The van der Waals surface area contributed by atoms with Gasteiger partial charge < -0.3 is 10.6 Å². The Hall–Kier alpha value is -2.62. The molecule has 2 aromatic carbocycles. The zero-order valence-electron chi connectivity index (χ0n) is 16.1. The Kier molecular flexibility index (Phi) is 6.56. The number of carbonyl (C=O) groups is 2. The molecule has 0 aromatic heterocycles. The summed E-state index contributed by atoms with van der Waals surface area (Å²) < 4.78 is 0. The summed E-state index contributed by atoms with van der Waals surface area (Å²) in [5.74, 6) is -0.231. The van der Waals surface area contributed by atoms with Crippen LogP contribution in [0.15, 0.2) is 48.5 Å². The first-order valence-electron chi connectivity index (χ1n) is 8.97. The highest BCUT2D eigenvalue weighted by atomic mass is 16.2. The third-order valence-corrected chi connectivity index (χ3v) is 4.26. The molecule has 2 N–H and O–H groups in total. The third kappa shape index (κ3) is 6.03. The lowest BCUT2D eigenvalue weighted by atomic mass is 9.87. The standard InChI is InChI=1S/C22H28N2O2/c1-16-5-7-17(8-6-16)15-24-20(25)13-14-23-21(26)18-9-11-19(12-10-18)22(2,3)4/h5-12H,13-15H2,1-4H3,(H,23,26)(H,24,25). The second-order valence-corrected chi connectivity index (χ2v) is 7.60. The normalized spacial score (nSPS) is 11.1. The maximum absolute atomic E-state index is 12.2. The lowest BCUT2D eigenvalue weighted by Crippen LogP contribution is -2.30. The van der Waals surface area contributed by atoms with E-state index in [1.165, 1.54) is 11.1 Å². The lowest BCUT2D eigenvalue weighted by molar-refractivity contribution is -0.121. The van der Waals surface area contributed by atoms with Gasteiger partial charge in [0.2, 0.25) is 5.91 Å². The van der Waals surface area contributed by atoms with Crippen LogP contribution in [-0.4, -0.2) is 18.4 Å². The van der Waals surface area contributed by atoms with Gasteiger partial charge in [-0.15, -0.1) is 0 Å². The topological polar surface area (TPSA) is 58.2 Å². The van der Waals surface area contributed by atoms with Crippen LogP contribution in [0.25, 0.3) is 0 Å². The molecule has 2 amide bonds. The fourth-order valence-electron chi connectivity index (χ4n) is 2.51. The lowest BCUT2D eigenvalue weighted by Gasteiger charge is -2.19. The van der Waals surface area contributed by atoms with Crippen molar-refractivity contribution in [3.63, 3.8) is 0 Å². The Morgan fingerprint density at radius 3 is 2.08 bits per heavy atom. The van der Waals surface area contributed by atoms with Gasteiger partial charge in [-0.1, -0.05) is 62.7 Å². The first kappa shape index (κ1) is 19.7. The molecule has 0 heterocycles. The second-order valence-electron chi connectivity index (χ2n) is 7.60. The molecule has 0 bridgehead atoms. The molecule has 138 valence electrons. The van der Waals surface area contributed by atoms with Crippen LogP contribution in [0.5, 0.6) is 0 Å². The second kappa shape index (κ2) is 8.65. The van der Waals surface area contributed by atoms with Crippen LogP contribution in [0.4, 0.5) is 0 Å². The van der Waals surface area contributed by atoms with Gasteiger partial charge >= 0.3 is 0 Å². The molecule has 0 atom stereocenters. The van der Waals surface area contributed by atoms with Gasteiger partial charge in [0, 0.05) is 25.1 Å². The van der Waals surface area contributed by atoms with Gasteiger partial charge in [-0.05, 0) is 35.6 Å². The number of amides is 2. The molecule has 0 unspecified atom stereocenters. The van der Waals surface area contributed by atoms with E-state index in [1.807, 2.05) is 55.5 Å². The molecule has 4 nitrogen and oxygen atoms in total. The predicted molar refractivity (Wildman–Crippen MR) is 105 cm³/mol. The number of hydrogen-bond acceptors (Lipinski definition) is 2. The number of carbonyl (C=O) groups excluding carboxylic acids is 2. The van der Waals surface area contributed by atoms with Crippen molar-refractivity contribution in [3.8, 4) is 0 Å². The minimum atomic E-state index is -0.156. The third-order valence-electron chi connectivity index (χ3n) is 4.26. The predicted octanol–water partition coefficient (Wildman–Crippen LogP) is 3.73. The molecule has 0 spiro atoms. The molecule has 0 fully saturated rings. The van der Waals surface area contributed by atoms with Crippen molar-refractivity contribution >= 4 is 11.8 Å². The van der Waals surface area contributed by atoms with Crippen molar-refractivity contribution in [2.45, 2.75) is 46.1 Å². The summed E-state index contributed by atoms with van der Waals surface area (Å²) in [6.45, 7) is 9.26. The molecular weight excluding hydrogens is 324 g/mol. The zero-order chi connectivity index (χ0) is 19.2. The fraction of sp³-hybridized carbons (Fsp3) is 0.364. The number of benzene rings is 2. The summed E-state index contributed by atoms with van der Waals surface area (Å²) in [6.07, 6.45) is 0.262. The van der Waals surface area contributed by atoms with Crippen LogP contribution in [0.2, 0.25) is 0 Å². The molecule has 4 heteroatoms. The fourth-order valence-corrected chi connectivity index (χ4v) is 2.51. The molecule has 2 rings (SSSR count). The van der Waals surface area contributed by atoms with Crippen LogP contribution in [0.1, 0.15) is 54.2 Å². The summed E-state index contributed by atoms with van der Waals surface area (Å²) >= 11 is 0. The van der Waals surface area contributed by atoms with Gasteiger partial charge in [-0.25, -0.2) is 0 Å². The van der Waals surface area contributed by atoms with Gasteiger partial charge in [-0.2, -0.15) is 0 Å². The van der Waals surface area contributed by atoms with E-state index in [2.05, 4.69) is 31.4 Å². The number of nitrogens with one attached hydrogen (secondary N) is 2. The minimum Gasteiger partial charge on any atom is -0.352 e. The highest BCUT2D eigenvalue weighted by Crippen LogP contribution is 2.22. The van der Waals surface area contributed by atoms with Crippen molar-refractivity contribution < 1.29 is 9.59 Å². The molecular formula is C22H28N2O2. The highest BCUT2D eigenvalue weighted by Gasteiger charge is 2.14. The van der Waals surface area contributed by atoms with Gasteiger partial charge in [0.1, 0.15) is 0 Å². The van der Waals surface area contributed by atoms with Crippen molar-refractivity contribution in [1.82, 2.24) is 10.6 Å². The summed E-state index contributed by atoms with van der Waals surface area (Å²) in [4.78, 5) is 24.0. The maximum Gasteiger partial charge on any atom is 0.251 e. The van der Waals surface area contributed by atoms with E-state index in [4.69, 9.17) is 0 Å². The first-order valence-corrected chi connectivity index (χ1v) is 8.97. The van der Waals surface area contributed by atoms with Crippen LogP contribution in [0.3, 0.4) is 0 Å². The number of aryl methyl sites for hydroxylation is 1. The van der Waals surface area contributed by atoms with Gasteiger partial charge in [0.25, 0.3) is 5.91 Å². The Bertz CT molecular complexity index is 741. The van der Waals surface area contributed by atoms with E-state index in [-0.39, 0.29) is 23.7 Å². The van der Waals surface area contributed by atoms with Gasteiger partial charge in [0.15, 0.2) is 0 Å². The SMILES string of the molecule is Cc1ccc(CNC(=O)CCNC(=O)c2ccc(C(C)(C)C)cc2)cc1. The molecule has 0 radical (unpaired) electrons. The van der Waals surface area contributed by atoms with Gasteiger partial charge in [0.05, 0.1) is 0 Å². The monoisotopic (exact) mass is 352 g/mol. The molecule has 0 aliphatic carbocycles. The largest absolute Gasteiger partial charge is 0.352 e. The van der Waals surface area contributed by atoms with Crippen molar-refractivity contribution in [2.75, 3.05) is 6.54 Å². The number of rotatable bonds is 6. The average molecular weight is 352 g/mol. The molecule has 0 aliphatic rings. The van der Waals surface area contributed by atoms with Gasteiger partial charge in [-0.3, -0.25) is 9.59 Å². The molecule has 0 saturated carbocycles. The summed E-state index contributed by atoms with van der Waals surface area (Å²) in [5, 5.41) is 5.66. The summed E-state index contributed by atoms with van der Waals surface area (Å²) in [5.41, 5.74) is 4.11. The van der Waals surface area contributed by atoms with Crippen LogP contribution in [0, 0.1) is 6.92 Å². The van der Waals surface area contributed by atoms with Crippen molar-refractivity contribution in [3.05, 3.63) is 70.8 Å². The van der Waals surface area contributed by atoms with E-state index in [1.54, 1.807) is 0 Å². The number of hydrogen-bond donors (Lipinski definition) is 2. The Labute approximate surface area is 156 Å². The Morgan fingerprint density at radius 1 is 0.885 bits per heavy atom. The highest BCUT2D eigenvalue weighted by molar-refractivity contribution is 5.94. The van der Waals surface area contributed by atoms with E-state index < -0.39 is 0 Å². The summed E-state index contributed by atoms with van der Waals surface area (Å²) in [7, 11) is 0. The van der Waals surface area contributed by atoms with Crippen molar-refractivity contribution in [2.24, 2.45) is 0 Å². The van der Waals surface area contributed by atoms with Crippen molar-refractivity contribution in [1.29, 1.82) is 0 Å². The molecule has 2 aromatic rings. The average Bonchev–Trinajstić information content (AvgIpc) is 2.60. The molecule has 0 saturated heterocycles. The van der Waals surface area contributed by atoms with Crippen LogP contribution >= 0.6 is 0 Å². The Balaban J connectivity index is 1.73. The van der Waals surface area contributed by atoms with E-state index in [0.717, 1.165) is 5.56 Å². The minimum absolute atomic E-state index is 0.0601. The smallest absolute Gasteiger partial charge is 0.251 e. The molecule has 0 aliphatic heterocycles. The van der Waals surface area contributed by atoms with E-state index in [9.17, 15) is 9.59 Å². The van der Waals surface area contributed by atoms with Crippen LogP contribution < -0.4 is 10.6 Å². The first-order chi connectivity index (χ1) is 12.3. The zero-order valence-corrected chi connectivity index (χ0v) is 16.1.